The number of benzene rings is 3. The first kappa shape index (κ1) is 20.3. The largest absolute Gasteiger partial charge is 0.493 e. The van der Waals surface area contributed by atoms with Crippen LogP contribution in [0, 0.1) is 11.6 Å². The van der Waals surface area contributed by atoms with Crippen LogP contribution in [-0.2, 0) is 6.61 Å². The van der Waals surface area contributed by atoms with Crippen molar-refractivity contribution < 1.29 is 27.5 Å². The van der Waals surface area contributed by atoms with Crippen LogP contribution in [0.4, 0.5) is 8.78 Å². The average molecular weight is 424 g/mol. The molecule has 1 aromatic heterocycles. The number of halogens is 2. The van der Waals surface area contributed by atoms with Crippen LogP contribution >= 0.6 is 0 Å². The van der Waals surface area contributed by atoms with E-state index in [1.807, 2.05) is 0 Å². The topological polar surface area (TPSA) is 66.6 Å². The van der Waals surface area contributed by atoms with E-state index in [2.05, 4.69) is 10.1 Å². The number of rotatable bonds is 7. The molecular weight excluding hydrogens is 406 g/mol. The first-order valence-corrected chi connectivity index (χ1v) is 9.30. The summed E-state index contributed by atoms with van der Waals surface area (Å²) in [5.74, 6) is 1.19. The predicted molar refractivity (Wildman–Crippen MR) is 109 cm³/mol. The van der Waals surface area contributed by atoms with Gasteiger partial charge in [0.25, 0.3) is 5.89 Å². The molecule has 8 heteroatoms. The minimum absolute atomic E-state index is 0.115. The lowest BCUT2D eigenvalue weighted by molar-refractivity contribution is 0.299. The highest BCUT2D eigenvalue weighted by Crippen LogP contribution is 2.32. The van der Waals surface area contributed by atoms with Crippen molar-refractivity contribution in [3.63, 3.8) is 0 Å². The average Bonchev–Trinajstić information content (AvgIpc) is 3.30. The quantitative estimate of drug-likeness (QED) is 0.402. The number of nitrogens with zero attached hydrogens (tertiary/aromatic N) is 2. The van der Waals surface area contributed by atoms with Crippen molar-refractivity contribution in [2.75, 3.05) is 14.2 Å². The number of aromatic nitrogens is 2. The maximum absolute atomic E-state index is 13.8. The van der Waals surface area contributed by atoms with Gasteiger partial charge in [0.1, 0.15) is 24.0 Å². The van der Waals surface area contributed by atoms with Crippen molar-refractivity contribution in [1.82, 2.24) is 10.1 Å². The second-order valence-corrected chi connectivity index (χ2v) is 6.55. The molecular formula is C23H18F2N2O4. The van der Waals surface area contributed by atoms with Gasteiger partial charge in [0.2, 0.25) is 5.82 Å². The first-order valence-electron chi connectivity index (χ1n) is 9.30. The first-order chi connectivity index (χ1) is 15.1. The highest BCUT2D eigenvalue weighted by Gasteiger charge is 2.14. The smallest absolute Gasteiger partial charge is 0.258 e. The van der Waals surface area contributed by atoms with Gasteiger partial charge in [-0.25, -0.2) is 8.78 Å². The summed E-state index contributed by atoms with van der Waals surface area (Å²) in [5.41, 5.74) is 1.44. The molecule has 0 aliphatic heterocycles. The molecule has 0 unspecified atom stereocenters. The van der Waals surface area contributed by atoms with Gasteiger partial charge in [0, 0.05) is 16.7 Å². The molecule has 3 aromatic carbocycles. The normalized spacial score (nSPS) is 10.7. The number of hydrogen-bond acceptors (Lipinski definition) is 6. The minimum Gasteiger partial charge on any atom is -0.493 e. The summed E-state index contributed by atoms with van der Waals surface area (Å²) in [4.78, 5) is 4.43. The van der Waals surface area contributed by atoms with Gasteiger partial charge in [-0.1, -0.05) is 17.3 Å². The van der Waals surface area contributed by atoms with E-state index < -0.39 is 11.6 Å². The Balaban J connectivity index is 1.54. The molecule has 0 aliphatic rings. The van der Waals surface area contributed by atoms with E-state index >= 15 is 0 Å². The molecule has 0 radical (unpaired) electrons. The lowest BCUT2D eigenvalue weighted by atomic mass is 10.2. The molecule has 31 heavy (non-hydrogen) atoms. The third kappa shape index (κ3) is 4.48. The van der Waals surface area contributed by atoms with Crippen LogP contribution in [0.2, 0.25) is 0 Å². The van der Waals surface area contributed by atoms with E-state index in [1.54, 1.807) is 56.7 Å². The molecule has 0 fully saturated rings. The summed E-state index contributed by atoms with van der Waals surface area (Å²) in [5, 5.41) is 4.02. The molecule has 0 bridgehead atoms. The van der Waals surface area contributed by atoms with Gasteiger partial charge < -0.3 is 18.7 Å². The Morgan fingerprint density at radius 2 is 1.71 bits per heavy atom. The Morgan fingerprint density at radius 1 is 0.871 bits per heavy atom. The van der Waals surface area contributed by atoms with Crippen molar-refractivity contribution >= 4 is 0 Å². The fourth-order valence-electron chi connectivity index (χ4n) is 2.97. The van der Waals surface area contributed by atoms with Crippen LogP contribution in [0.1, 0.15) is 5.56 Å². The summed E-state index contributed by atoms with van der Waals surface area (Å²) in [6.07, 6.45) is 0. The number of ether oxygens (including phenoxy) is 3. The van der Waals surface area contributed by atoms with Gasteiger partial charge in [0.05, 0.1) is 14.2 Å². The second-order valence-electron chi connectivity index (χ2n) is 6.55. The lowest BCUT2D eigenvalue weighted by Crippen LogP contribution is -1.99. The molecule has 0 N–H and O–H groups in total. The SMILES string of the molecule is COc1ccc(-c2nc(-c3cccc(OCc4cc(F)ccc4F)c3)no2)cc1OC. The van der Waals surface area contributed by atoms with Crippen molar-refractivity contribution in [3.8, 4) is 40.1 Å². The Morgan fingerprint density at radius 3 is 2.52 bits per heavy atom. The Kier molecular flexibility index (Phi) is 5.79. The molecule has 0 spiro atoms. The van der Waals surface area contributed by atoms with E-state index in [-0.39, 0.29) is 12.2 Å². The number of hydrogen-bond donors (Lipinski definition) is 0. The molecule has 0 atom stereocenters. The van der Waals surface area contributed by atoms with E-state index in [9.17, 15) is 8.78 Å². The predicted octanol–water partition coefficient (Wildman–Crippen LogP) is 5.28. The summed E-state index contributed by atoms with van der Waals surface area (Å²) in [6.45, 7) is -0.115. The van der Waals surface area contributed by atoms with Crippen molar-refractivity contribution in [3.05, 3.63) is 77.9 Å². The van der Waals surface area contributed by atoms with Crippen molar-refractivity contribution in [2.45, 2.75) is 6.61 Å². The molecule has 6 nitrogen and oxygen atoms in total. The highest BCUT2D eigenvalue weighted by atomic mass is 19.1. The highest BCUT2D eigenvalue weighted by molar-refractivity contribution is 5.63. The number of methoxy groups -OCH3 is 2. The molecule has 158 valence electrons. The van der Waals surface area contributed by atoms with Crippen LogP contribution in [0.5, 0.6) is 17.2 Å². The van der Waals surface area contributed by atoms with Gasteiger partial charge in [0.15, 0.2) is 11.5 Å². The third-order valence-electron chi connectivity index (χ3n) is 4.55. The zero-order valence-electron chi connectivity index (χ0n) is 16.8. The lowest BCUT2D eigenvalue weighted by Gasteiger charge is -2.08. The van der Waals surface area contributed by atoms with Gasteiger partial charge in [-0.15, -0.1) is 0 Å². The molecule has 4 rings (SSSR count). The van der Waals surface area contributed by atoms with E-state index in [0.717, 1.165) is 18.2 Å². The Bertz CT molecular complexity index is 1210. The summed E-state index contributed by atoms with van der Waals surface area (Å²) >= 11 is 0. The third-order valence-corrected chi connectivity index (χ3v) is 4.55. The summed E-state index contributed by atoms with van der Waals surface area (Å²) in [6, 6.07) is 15.4. The van der Waals surface area contributed by atoms with Crippen molar-refractivity contribution in [2.24, 2.45) is 0 Å². The van der Waals surface area contributed by atoms with Crippen LogP contribution < -0.4 is 14.2 Å². The van der Waals surface area contributed by atoms with E-state index in [0.29, 0.717) is 40.1 Å². The molecule has 0 saturated heterocycles. The molecule has 0 aliphatic carbocycles. The van der Waals surface area contributed by atoms with Gasteiger partial charge in [-0.05, 0) is 48.5 Å². The maximum atomic E-state index is 13.8. The summed E-state index contributed by atoms with van der Waals surface area (Å²) < 4.78 is 48.7. The molecule has 1 heterocycles. The van der Waals surface area contributed by atoms with Gasteiger partial charge in [-0.3, -0.25) is 0 Å². The monoisotopic (exact) mass is 424 g/mol. The maximum Gasteiger partial charge on any atom is 0.258 e. The van der Waals surface area contributed by atoms with Crippen LogP contribution in [0.15, 0.2) is 65.2 Å². The minimum atomic E-state index is -0.532. The van der Waals surface area contributed by atoms with Crippen molar-refractivity contribution in [1.29, 1.82) is 0 Å². The molecule has 0 amide bonds. The fraction of sp³-hybridized carbons (Fsp3) is 0.130. The van der Waals surface area contributed by atoms with Crippen LogP contribution in [0.25, 0.3) is 22.8 Å². The van der Waals surface area contributed by atoms with E-state index in [1.165, 1.54) is 0 Å². The zero-order valence-corrected chi connectivity index (χ0v) is 16.8. The Labute approximate surface area is 177 Å². The van der Waals surface area contributed by atoms with Crippen LogP contribution in [0.3, 0.4) is 0 Å². The zero-order chi connectivity index (χ0) is 21.8. The molecule has 0 saturated carbocycles. The van der Waals surface area contributed by atoms with Gasteiger partial charge >= 0.3 is 0 Å². The molecule has 4 aromatic rings. The fourth-order valence-corrected chi connectivity index (χ4v) is 2.97. The van der Waals surface area contributed by atoms with Gasteiger partial charge in [-0.2, -0.15) is 4.98 Å². The standard InChI is InChI=1S/C23H18F2N2O4/c1-28-20-9-6-15(12-21(20)29-2)23-26-22(27-31-23)14-4-3-5-18(11-14)30-13-16-10-17(24)7-8-19(16)25/h3-12H,13H2,1-2H3. The second kappa shape index (κ2) is 8.83. The van der Waals surface area contributed by atoms with E-state index in [4.69, 9.17) is 18.7 Å². The Hall–Kier alpha value is -3.94. The summed E-state index contributed by atoms with van der Waals surface area (Å²) in [7, 11) is 3.10. The van der Waals surface area contributed by atoms with Crippen LogP contribution in [-0.4, -0.2) is 24.4 Å².